The van der Waals surface area contributed by atoms with Crippen molar-refractivity contribution >= 4 is 11.7 Å². The zero-order valence-corrected chi connectivity index (χ0v) is 19.5. The molecule has 8 heteroatoms. The summed E-state index contributed by atoms with van der Waals surface area (Å²) >= 11 is 0. The predicted molar refractivity (Wildman–Crippen MR) is 132 cm³/mol. The van der Waals surface area contributed by atoms with Gasteiger partial charge in [0.05, 0.1) is 26.5 Å². The Bertz CT molecular complexity index is 1240. The summed E-state index contributed by atoms with van der Waals surface area (Å²) in [4.78, 5) is 0. The number of aliphatic hydroxyl groups excluding tert-OH is 1. The van der Waals surface area contributed by atoms with Crippen LogP contribution < -0.4 is 20.1 Å². The largest absolute Gasteiger partial charge is 0.497 e. The van der Waals surface area contributed by atoms with Crippen LogP contribution in [-0.2, 0) is 6.54 Å². The number of hydrogen-bond donors (Lipinski definition) is 3. The normalized spacial score (nSPS) is 10.8. The van der Waals surface area contributed by atoms with Crippen molar-refractivity contribution in [3.05, 3.63) is 71.8 Å². The van der Waals surface area contributed by atoms with Gasteiger partial charge in [-0.3, -0.25) is 0 Å². The van der Waals surface area contributed by atoms with E-state index in [1.165, 1.54) is 0 Å². The van der Waals surface area contributed by atoms with Gasteiger partial charge >= 0.3 is 6.01 Å². The number of aliphatic hydroxyl groups is 1. The van der Waals surface area contributed by atoms with E-state index in [1.807, 2.05) is 43.3 Å². The summed E-state index contributed by atoms with van der Waals surface area (Å²) in [6.07, 6.45) is 0. The van der Waals surface area contributed by atoms with Crippen LogP contribution in [0.5, 0.6) is 11.5 Å². The standard InChI is InChI=1S/C26H28N4O4/c1-17-21(18-8-5-4-6-9-18)10-7-11-22(17)25-29-30-26(34-25)28-23-15-20(32-2)14-19(24(23)33-3)16-27-12-13-31/h4-11,14-15,27,31H,12-13,16H2,1-3H3,(H,28,30). The van der Waals surface area contributed by atoms with E-state index >= 15 is 0 Å². The number of ether oxygens (including phenoxy) is 2. The molecule has 8 nitrogen and oxygen atoms in total. The maximum absolute atomic E-state index is 9.06. The van der Waals surface area contributed by atoms with Crippen molar-refractivity contribution in [2.75, 3.05) is 32.7 Å². The number of methoxy groups -OCH3 is 2. The molecule has 0 bridgehead atoms. The summed E-state index contributed by atoms with van der Waals surface area (Å²) in [6, 6.07) is 20.2. The second kappa shape index (κ2) is 10.8. The van der Waals surface area contributed by atoms with Crippen LogP contribution in [0.15, 0.2) is 65.1 Å². The quantitative estimate of drug-likeness (QED) is 0.296. The predicted octanol–water partition coefficient (Wildman–Crippen LogP) is 4.55. The van der Waals surface area contributed by atoms with E-state index in [4.69, 9.17) is 19.0 Å². The topological polar surface area (TPSA) is 102 Å². The summed E-state index contributed by atoms with van der Waals surface area (Å²) in [5.41, 5.74) is 5.66. The molecule has 0 unspecified atom stereocenters. The van der Waals surface area contributed by atoms with E-state index < -0.39 is 0 Å². The van der Waals surface area contributed by atoms with Crippen molar-refractivity contribution in [2.24, 2.45) is 0 Å². The molecule has 0 aliphatic carbocycles. The molecule has 4 aromatic rings. The monoisotopic (exact) mass is 460 g/mol. The van der Waals surface area contributed by atoms with Crippen molar-refractivity contribution in [3.8, 4) is 34.1 Å². The third-order valence-electron chi connectivity index (χ3n) is 5.50. The highest BCUT2D eigenvalue weighted by molar-refractivity contribution is 5.75. The first-order valence-electron chi connectivity index (χ1n) is 11.0. The first-order chi connectivity index (χ1) is 16.6. The van der Waals surface area contributed by atoms with E-state index in [9.17, 15) is 0 Å². The summed E-state index contributed by atoms with van der Waals surface area (Å²) < 4.78 is 17.1. The second-order valence-corrected chi connectivity index (χ2v) is 7.65. The van der Waals surface area contributed by atoms with Crippen LogP contribution in [0.4, 0.5) is 11.7 Å². The molecule has 3 aromatic carbocycles. The fourth-order valence-corrected chi connectivity index (χ4v) is 3.84. The van der Waals surface area contributed by atoms with E-state index in [0.717, 1.165) is 27.8 Å². The molecule has 1 aromatic heterocycles. The van der Waals surface area contributed by atoms with Gasteiger partial charge in [0.15, 0.2) is 0 Å². The Morgan fingerprint density at radius 3 is 2.47 bits per heavy atom. The highest BCUT2D eigenvalue weighted by Crippen LogP contribution is 2.37. The lowest BCUT2D eigenvalue weighted by Crippen LogP contribution is -2.18. The van der Waals surface area contributed by atoms with Gasteiger partial charge in [0.2, 0.25) is 5.89 Å². The van der Waals surface area contributed by atoms with Crippen molar-refractivity contribution in [3.63, 3.8) is 0 Å². The molecule has 176 valence electrons. The van der Waals surface area contributed by atoms with Gasteiger partial charge in [-0.2, -0.15) is 0 Å². The maximum Gasteiger partial charge on any atom is 0.320 e. The molecule has 0 spiro atoms. The number of benzene rings is 3. The van der Waals surface area contributed by atoms with E-state index in [1.54, 1.807) is 20.3 Å². The third-order valence-corrected chi connectivity index (χ3v) is 5.50. The summed E-state index contributed by atoms with van der Waals surface area (Å²) in [6.45, 7) is 3.06. The van der Waals surface area contributed by atoms with Crippen LogP contribution in [0.1, 0.15) is 11.1 Å². The number of aromatic nitrogens is 2. The molecule has 34 heavy (non-hydrogen) atoms. The van der Waals surface area contributed by atoms with Gasteiger partial charge in [-0.1, -0.05) is 47.6 Å². The first-order valence-corrected chi connectivity index (χ1v) is 11.0. The average molecular weight is 461 g/mol. The van der Waals surface area contributed by atoms with Gasteiger partial charge in [0.25, 0.3) is 0 Å². The average Bonchev–Trinajstić information content (AvgIpc) is 3.33. The van der Waals surface area contributed by atoms with Crippen molar-refractivity contribution < 1.29 is 19.0 Å². The highest BCUT2D eigenvalue weighted by Gasteiger charge is 2.17. The molecule has 0 saturated carbocycles. The van der Waals surface area contributed by atoms with Gasteiger partial charge in [0.1, 0.15) is 11.5 Å². The Labute approximate surface area is 198 Å². The first kappa shape index (κ1) is 23.3. The maximum atomic E-state index is 9.06. The van der Waals surface area contributed by atoms with Gasteiger partial charge in [-0.05, 0) is 35.7 Å². The van der Waals surface area contributed by atoms with Crippen LogP contribution in [0.25, 0.3) is 22.6 Å². The Kier molecular flexibility index (Phi) is 7.41. The van der Waals surface area contributed by atoms with Gasteiger partial charge < -0.3 is 29.6 Å². The molecule has 0 fully saturated rings. The van der Waals surface area contributed by atoms with E-state index in [-0.39, 0.29) is 12.6 Å². The lowest BCUT2D eigenvalue weighted by Gasteiger charge is -2.16. The van der Waals surface area contributed by atoms with Crippen LogP contribution in [-0.4, -0.2) is 42.7 Å². The molecule has 0 amide bonds. The fraction of sp³-hybridized carbons (Fsp3) is 0.231. The second-order valence-electron chi connectivity index (χ2n) is 7.65. The highest BCUT2D eigenvalue weighted by atomic mass is 16.5. The van der Waals surface area contributed by atoms with Crippen molar-refractivity contribution in [1.82, 2.24) is 15.5 Å². The minimum atomic E-state index is 0.0487. The molecular weight excluding hydrogens is 432 g/mol. The molecule has 4 rings (SSSR count). The summed E-state index contributed by atoms with van der Waals surface area (Å²) in [5.74, 6) is 1.69. The number of nitrogens with one attached hydrogen (secondary N) is 2. The van der Waals surface area contributed by atoms with Gasteiger partial charge in [-0.15, -0.1) is 5.10 Å². The zero-order valence-electron chi connectivity index (χ0n) is 19.5. The Hall–Kier alpha value is -3.88. The smallest absolute Gasteiger partial charge is 0.320 e. The SMILES string of the molecule is COc1cc(CNCCO)c(OC)c(Nc2nnc(-c3cccc(-c4ccccc4)c3C)o2)c1. The van der Waals surface area contributed by atoms with Crippen LogP contribution in [0, 0.1) is 6.92 Å². The Morgan fingerprint density at radius 1 is 0.941 bits per heavy atom. The van der Waals surface area contributed by atoms with Crippen LogP contribution in [0.2, 0.25) is 0 Å². The molecule has 0 saturated heterocycles. The molecule has 3 N–H and O–H groups in total. The van der Waals surface area contributed by atoms with E-state index in [2.05, 4.69) is 39.0 Å². The third kappa shape index (κ3) is 5.03. The number of rotatable bonds is 10. The van der Waals surface area contributed by atoms with Gasteiger partial charge in [0, 0.05) is 30.3 Å². The summed E-state index contributed by atoms with van der Waals surface area (Å²) in [7, 11) is 3.20. The molecule has 0 aliphatic heterocycles. The molecular formula is C26H28N4O4. The molecule has 0 atom stereocenters. The molecule has 1 heterocycles. The van der Waals surface area contributed by atoms with Crippen molar-refractivity contribution in [2.45, 2.75) is 13.5 Å². The number of anilines is 2. The lowest BCUT2D eigenvalue weighted by molar-refractivity contribution is 0.291. The van der Waals surface area contributed by atoms with E-state index in [0.29, 0.717) is 36.2 Å². The lowest BCUT2D eigenvalue weighted by atomic mass is 9.96. The van der Waals surface area contributed by atoms with Crippen LogP contribution in [0.3, 0.4) is 0 Å². The Balaban J connectivity index is 1.63. The minimum Gasteiger partial charge on any atom is -0.497 e. The summed E-state index contributed by atoms with van der Waals surface area (Å²) in [5, 5.41) is 23.8. The number of hydrogen-bond acceptors (Lipinski definition) is 8. The molecule has 0 aliphatic rings. The zero-order chi connectivity index (χ0) is 23.9. The van der Waals surface area contributed by atoms with Gasteiger partial charge in [-0.25, -0.2) is 0 Å². The number of nitrogens with zero attached hydrogens (tertiary/aromatic N) is 2. The van der Waals surface area contributed by atoms with Crippen molar-refractivity contribution in [1.29, 1.82) is 0 Å². The van der Waals surface area contributed by atoms with Crippen LogP contribution >= 0.6 is 0 Å². The fourth-order valence-electron chi connectivity index (χ4n) is 3.84. The Morgan fingerprint density at radius 2 is 1.74 bits per heavy atom. The minimum absolute atomic E-state index is 0.0487. The molecule has 0 radical (unpaired) electrons.